The van der Waals surface area contributed by atoms with Gasteiger partial charge in [-0.15, -0.1) is 0 Å². The van der Waals surface area contributed by atoms with E-state index in [2.05, 4.69) is 4.98 Å². The van der Waals surface area contributed by atoms with Crippen LogP contribution in [0.15, 0.2) is 42.7 Å². The fourth-order valence-corrected chi connectivity index (χ4v) is 2.19. The van der Waals surface area contributed by atoms with Crippen molar-refractivity contribution in [3.05, 3.63) is 54.1 Å². The molecule has 0 fully saturated rings. The number of aromatic nitrogens is 2. The van der Waals surface area contributed by atoms with Crippen LogP contribution < -0.4 is 5.73 Å². The van der Waals surface area contributed by atoms with Gasteiger partial charge in [-0.05, 0) is 5.56 Å². The number of benzene rings is 1. The molecule has 0 aliphatic heterocycles. The lowest BCUT2D eigenvalue weighted by Crippen LogP contribution is -2.22. The van der Waals surface area contributed by atoms with Crippen molar-refractivity contribution >= 4 is 5.78 Å². The van der Waals surface area contributed by atoms with Crippen LogP contribution in [0.2, 0.25) is 0 Å². The van der Waals surface area contributed by atoms with Crippen LogP contribution in [0.4, 0.5) is 0 Å². The van der Waals surface area contributed by atoms with Crippen LogP contribution in [-0.2, 0) is 18.3 Å². The van der Waals surface area contributed by atoms with Crippen molar-refractivity contribution in [3.8, 4) is 0 Å². The summed E-state index contributed by atoms with van der Waals surface area (Å²) >= 11 is 0. The van der Waals surface area contributed by atoms with Gasteiger partial charge in [0.1, 0.15) is 11.6 Å². The van der Waals surface area contributed by atoms with Gasteiger partial charge in [0, 0.05) is 38.8 Å². The predicted molar refractivity (Wildman–Crippen MR) is 74.8 cm³/mol. The second kappa shape index (κ2) is 6.29. The normalized spacial score (nSPS) is 12.3. The van der Waals surface area contributed by atoms with E-state index in [0.29, 0.717) is 19.4 Å². The number of nitrogens with zero attached hydrogens (tertiary/aromatic N) is 2. The van der Waals surface area contributed by atoms with Crippen molar-refractivity contribution in [1.29, 1.82) is 0 Å². The molecule has 0 amide bonds. The molecule has 4 nitrogen and oxygen atoms in total. The first-order valence-electron chi connectivity index (χ1n) is 6.46. The molecule has 1 unspecified atom stereocenters. The number of hydrogen-bond donors (Lipinski definition) is 1. The third-order valence-corrected chi connectivity index (χ3v) is 3.34. The summed E-state index contributed by atoms with van der Waals surface area (Å²) in [4.78, 5) is 16.5. The molecule has 0 saturated heterocycles. The van der Waals surface area contributed by atoms with Crippen LogP contribution in [-0.4, -0.2) is 21.9 Å². The number of carbonyl (C=O) groups is 1. The van der Waals surface area contributed by atoms with Crippen LogP contribution in [0.1, 0.15) is 23.7 Å². The summed E-state index contributed by atoms with van der Waals surface area (Å²) in [5.74, 6) is 0.898. The monoisotopic (exact) mass is 257 g/mol. The Kier molecular flexibility index (Phi) is 4.47. The fourth-order valence-electron chi connectivity index (χ4n) is 2.19. The van der Waals surface area contributed by atoms with Crippen molar-refractivity contribution in [2.45, 2.75) is 18.8 Å². The Morgan fingerprint density at radius 2 is 2.11 bits per heavy atom. The van der Waals surface area contributed by atoms with E-state index in [0.717, 1.165) is 11.4 Å². The van der Waals surface area contributed by atoms with E-state index in [1.807, 2.05) is 48.1 Å². The molecule has 2 N–H and O–H groups in total. The zero-order valence-corrected chi connectivity index (χ0v) is 11.1. The molecule has 0 aliphatic carbocycles. The molecule has 1 atom stereocenters. The summed E-state index contributed by atoms with van der Waals surface area (Å²) in [6, 6.07) is 9.72. The number of carbonyl (C=O) groups excluding carboxylic acids is 1. The van der Waals surface area contributed by atoms with Crippen LogP contribution in [0.3, 0.4) is 0 Å². The van der Waals surface area contributed by atoms with E-state index in [4.69, 9.17) is 5.73 Å². The van der Waals surface area contributed by atoms with Gasteiger partial charge >= 0.3 is 0 Å². The highest BCUT2D eigenvalue weighted by molar-refractivity contribution is 5.86. The van der Waals surface area contributed by atoms with Gasteiger partial charge in [-0.1, -0.05) is 30.3 Å². The Morgan fingerprint density at radius 3 is 2.68 bits per heavy atom. The minimum atomic E-state index is -0.207. The largest absolute Gasteiger partial charge is 0.338 e. The van der Waals surface area contributed by atoms with Crippen LogP contribution in [0.5, 0.6) is 0 Å². The molecule has 100 valence electrons. The highest BCUT2D eigenvalue weighted by atomic mass is 16.1. The molecule has 1 heterocycles. The molecular formula is C15H19N3O. The van der Waals surface area contributed by atoms with E-state index in [9.17, 15) is 4.79 Å². The molecule has 0 bridgehead atoms. The smallest absolute Gasteiger partial charge is 0.142 e. The van der Waals surface area contributed by atoms with Crippen molar-refractivity contribution in [2.24, 2.45) is 12.8 Å². The third-order valence-electron chi connectivity index (χ3n) is 3.34. The first-order chi connectivity index (χ1) is 9.22. The summed E-state index contributed by atoms with van der Waals surface area (Å²) in [5, 5.41) is 0. The van der Waals surface area contributed by atoms with Gasteiger partial charge in [-0.2, -0.15) is 0 Å². The fraction of sp³-hybridized carbons (Fsp3) is 0.333. The third kappa shape index (κ3) is 3.29. The van der Waals surface area contributed by atoms with Gasteiger partial charge in [-0.3, -0.25) is 4.79 Å². The Labute approximate surface area is 113 Å². The van der Waals surface area contributed by atoms with Crippen molar-refractivity contribution in [3.63, 3.8) is 0 Å². The Balaban J connectivity index is 2.00. The molecule has 19 heavy (non-hydrogen) atoms. The lowest BCUT2D eigenvalue weighted by molar-refractivity contribution is -0.120. The SMILES string of the molecule is Cn1ccnc1CCC(=O)C(CN)c1ccccc1. The van der Waals surface area contributed by atoms with Crippen LogP contribution in [0, 0.1) is 0 Å². The van der Waals surface area contributed by atoms with Crippen molar-refractivity contribution in [2.75, 3.05) is 6.54 Å². The zero-order chi connectivity index (χ0) is 13.7. The number of aryl methyl sites for hydroxylation is 2. The Bertz CT molecular complexity index is 533. The predicted octanol–water partition coefficient (Wildman–Crippen LogP) is 1.66. The van der Waals surface area contributed by atoms with Gasteiger partial charge in [0.05, 0.1) is 5.92 Å². The van der Waals surface area contributed by atoms with E-state index < -0.39 is 0 Å². The number of ketones is 1. The molecule has 4 heteroatoms. The number of rotatable bonds is 6. The Morgan fingerprint density at radius 1 is 1.37 bits per heavy atom. The molecule has 1 aromatic heterocycles. The molecule has 0 aliphatic rings. The van der Waals surface area contributed by atoms with Gasteiger partial charge in [0.15, 0.2) is 0 Å². The molecule has 1 aromatic carbocycles. The average Bonchev–Trinajstić information content (AvgIpc) is 2.84. The summed E-state index contributed by atoms with van der Waals surface area (Å²) in [5.41, 5.74) is 6.74. The summed E-state index contributed by atoms with van der Waals surface area (Å²) in [6.07, 6.45) is 4.77. The van der Waals surface area contributed by atoms with Crippen LogP contribution in [0.25, 0.3) is 0 Å². The van der Waals surface area contributed by atoms with Crippen molar-refractivity contribution in [1.82, 2.24) is 9.55 Å². The molecular weight excluding hydrogens is 238 g/mol. The molecule has 0 radical (unpaired) electrons. The second-order valence-corrected chi connectivity index (χ2v) is 4.62. The highest BCUT2D eigenvalue weighted by Gasteiger charge is 2.18. The topological polar surface area (TPSA) is 60.9 Å². The van der Waals surface area contributed by atoms with E-state index in [1.54, 1.807) is 6.20 Å². The summed E-state index contributed by atoms with van der Waals surface area (Å²) in [7, 11) is 1.93. The minimum absolute atomic E-state index is 0.178. The van der Waals surface area contributed by atoms with Gasteiger partial charge in [-0.25, -0.2) is 4.98 Å². The molecule has 2 rings (SSSR count). The van der Waals surface area contributed by atoms with Gasteiger partial charge < -0.3 is 10.3 Å². The summed E-state index contributed by atoms with van der Waals surface area (Å²) in [6.45, 7) is 0.351. The van der Waals surface area contributed by atoms with Gasteiger partial charge in [0.25, 0.3) is 0 Å². The Hall–Kier alpha value is -1.94. The zero-order valence-electron chi connectivity index (χ0n) is 11.1. The number of nitrogens with two attached hydrogens (primary N) is 1. The van der Waals surface area contributed by atoms with Gasteiger partial charge in [0.2, 0.25) is 0 Å². The first-order valence-corrected chi connectivity index (χ1v) is 6.46. The number of Topliss-reactive ketones (excluding diaryl/α,β-unsaturated/α-hetero) is 1. The second-order valence-electron chi connectivity index (χ2n) is 4.62. The van der Waals surface area contributed by atoms with E-state index in [-0.39, 0.29) is 11.7 Å². The maximum Gasteiger partial charge on any atom is 0.142 e. The molecule has 0 saturated carbocycles. The quantitative estimate of drug-likeness (QED) is 0.856. The standard InChI is InChI=1S/C15H19N3O/c1-18-10-9-17-15(18)8-7-14(19)13(11-16)12-5-3-2-4-6-12/h2-6,9-10,13H,7-8,11,16H2,1H3. The maximum atomic E-state index is 12.3. The van der Waals surface area contributed by atoms with E-state index in [1.165, 1.54) is 0 Å². The first kappa shape index (κ1) is 13.5. The summed E-state index contributed by atoms with van der Waals surface area (Å²) < 4.78 is 1.94. The van der Waals surface area contributed by atoms with E-state index >= 15 is 0 Å². The van der Waals surface area contributed by atoms with Crippen molar-refractivity contribution < 1.29 is 4.79 Å². The highest BCUT2D eigenvalue weighted by Crippen LogP contribution is 2.17. The lowest BCUT2D eigenvalue weighted by Gasteiger charge is -2.13. The molecule has 0 spiro atoms. The lowest BCUT2D eigenvalue weighted by atomic mass is 9.92. The average molecular weight is 257 g/mol. The van der Waals surface area contributed by atoms with Crippen LogP contribution >= 0.6 is 0 Å². The number of hydrogen-bond acceptors (Lipinski definition) is 3. The maximum absolute atomic E-state index is 12.3. The number of imidazole rings is 1. The molecule has 2 aromatic rings. The minimum Gasteiger partial charge on any atom is -0.338 e.